The fraction of sp³-hybridized carbons (Fsp3) is 0.711. The van der Waals surface area contributed by atoms with Crippen LogP contribution in [0.3, 0.4) is 0 Å². The van der Waals surface area contributed by atoms with Gasteiger partial charge in [0, 0.05) is 6.42 Å². The molecule has 9 nitrogen and oxygen atoms in total. The summed E-state index contributed by atoms with van der Waals surface area (Å²) in [7, 11) is 0. The predicted molar refractivity (Wildman–Crippen MR) is 189 cm³/mol. The van der Waals surface area contributed by atoms with E-state index in [1.807, 2.05) is 6.08 Å². The number of rotatable bonds is 27. The molecule has 7 unspecified atom stereocenters. The van der Waals surface area contributed by atoms with Crippen LogP contribution >= 0.6 is 0 Å². The minimum absolute atomic E-state index is 0.216. The number of aliphatic hydroxyl groups excluding tert-OH is 5. The summed E-state index contributed by atoms with van der Waals surface area (Å²) in [5, 5.41) is 53.7. The van der Waals surface area contributed by atoms with Gasteiger partial charge in [-0.1, -0.05) is 107 Å². The minimum atomic E-state index is -1.58. The highest BCUT2D eigenvalue weighted by Crippen LogP contribution is 2.22. The molecule has 1 amide bonds. The maximum Gasteiger partial charge on any atom is 0.220 e. The molecule has 0 radical (unpaired) electrons. The van der Waals surface area contributed by atoms with Gasteiger partial charge >= 0.3 is 0 Å². The first-order valence-electron chi connectivity index (χ1n) is 18.0. The van der Waals surface area contributed by atoms with Crippen LogP contribution in [0.2, 0.25) is 0 Å². The van der Waals surface area contributed by atoms with Gasteiger partial charge in [-0.3, -0.25) is 4.79 Å². The number of hydrogen-bond acceptors (Lipinski definition) is 8. The number of carbonyl (C=O) groups excluding carboxylic acids is 1. The highest BCUT2D eigenvalue weighted by Gasteiger charge is 2.44. The van der Waals surface area contributed by atoms with Crippen LogP contribution in [0.4, 0.5) is 0 Å². The number of carbonyl (C=O) groups is 1. The predicted octanol–water partition coefficient (Wildman–Crippen LogP) is 5.71. The molecule has 0 bridgehead atoms. The molecule has 1 saturated heterocycles. The monoisotopic (exact) mass is 663 g/mol. The van der Waals surface area contributed by atoms with E-state index in [1.54, 1.807) is 6.08 Å². The Morgan fingerprint density at radius 1 is 0.745 bits per heavy atom. The number of hydrogen-bond donors (Lipinski definition) is 6. The Hall–Kier alpha value is -2.11. The van der Waals surface area contributed by atoms with Crippen molar-refractivity contribution < 1.29 is 39.8 Å². The van der Waals surface area contributed by atoms with Crippen LogP contribution in [-0.4, -0.2) is 87.5 Å². The van der Waals surface area contributed by atoms with E-state index < -0.39 is 49.5 Å². The topological polar surface area (TPSA) is 149 Å². The quantitative estimate of drug-likeness (QED) is 0.0484. The van der Waals surface area contributed by atoms with Crippen molar-refractivity contribution in [3.8, 4) is 0 Å². The fourth-order valence-electron chi connectivity index (χ4n) is 5.12. The maximum absolute atomic E-state index is 12.8. The van der Waals surface area contributed by atoms with Crippen LogP contribution in [0.25, 0.3) is 0 Å². The van der Waals surface area contributed by atoms with Crippen LogP contribution in [-0.2, 0) is 14.3 Å². The molecule has 1 aliphatic rings. The summed E-state index contributed by atoms with van der Waals surface area (Å²) in [5.41, 5.74) is 0. The van der Waals surface area contributed by atoms with Gasteiger partial charge in [0.25, 0.3) is 0 Å². The van der Waals surface area contributed by atoms with E-state index in [0.717, 1.165) is 57.8 Å². The summed E-state index contributed by atoms with van der Waals surface area (Å²) in [6.07, 6.45) is 28.4. The molecule has 1 fully saturated rings. The standard InChI is InChI=1S/C38H65NO8/c1-3-5-7-9-11-13-15-16-18-20-22-24-26-28-34(42)39-31(30-46-38-37(45)36(44)35(43)33(29-40)47-38)32(41)27-25-23-21-19-17-14-12-10-8-6-4-2/h5,7,11,13,16-19,25,27,31-33,35-38,40-41,43-45H,3-4,6,8-10,12,14-15,20-24,26,28-30H2,1-2H3,(H,39,42)/b7-5-,13-11-,18-16-,19-17+,27-25+. The fourth-order valence-corrected chi connectivity index (χ4v) is 5.12. The molecule has 7 atom stereocenters. The second kappa shape index (κ2) is 28.9. The Kier molecular flexibility index (Phi) is 26.4. The van der Waals surface area contributed by atoms with Gasteiger partial charge in [-0.25, -0.2) is 0 Å². The molecule has 6 N–H and O–H groups in total. The van der Waals surface area contributed by atoms with Gasteiger partial charge in [0.05, 0.1) is 25.4 Å². The van der Waals surface area contributed by atoms with E-state index in [4.69, 9.17) is 9.47 Å². The normalized spacial score (nSPS) is 23.6. The number of allylic oxidation sites excluding steroid dienone is 9. The van der Waals surface area contributed by atoms with E-state index in [2.05, 4.69) is 67.8 Å². The minimum Gasteiger partial charge on any atom is -0.394 e. The van der Waals surface area contributed by atoms with Crippen molar-refractivity contribution in [1.82, 2.24) is 5.32 Å². The highest BCUT2D eigenvalue weighted by molar-refractivity contribution is 5.76. The lowest BCUT2D eigenvalue weighted by atomic mass is 9.99. The molecule has 0 saturated carbocycles. The molecule has 0 aromatic carbocycles. The van der Waals surface area contributed by atoms with Gasteiger partial charge in [0.1, 0.15) is 24.4 Å². The molecule has 0 aromatic heterocycles. The average molecular weight is 664 g/mol. The summed E-state index contributed by atoms with van der Waals surface area (Å²) >= 11 is 0. The van der Waals surface area contributed by atoms with Crippen LogP contribution in [0.1, 0.15) is 117 Å². The summed E-state index contributed by atoms with van der Waals surface area (Å²) in [4.78, 5) is 12.8. The number of aliphatic hydroxyl groups is 5. The van der Waals surface area contributed by atoms with Crippen molar-refractivity contribution in [1.29, 1.82) is 0 Å². The van der Waals surface area contributed by atoms with E-state index in [1.165, 1.54) is 32.1 Å². The van der Waals surface area contributed by atoms with Gasteiger partial charge in [-0.2, -0.15) is 0 Å². The first kappa shape index (κ1) is 42.9. The first-order chi connectivity index (χ1) is 22.8. The molecule has 47 heavy (non-hydrogen) atoms. The molecule has 0 aliphatic carbocycles. The van der Waals surface area contributed by atoms with Crippen LogP contribution < -0.4 is 5.32 Å². The second-order valence-electron chi connectivity index (χ2n) is 12.3. The van der Waals surface area contributed by atoms with Gasteiger partial charge in [0.2, 0.25) is 5.91 Å². The van der Waals surface area contributed by atoms with E-state index >= 15 is 0 Å². The van der Waals surface area contributed by atoms with Crippen molar-refractivity contribution in [2.75, 3.05) is 13.2 Å². The van der Waals surface area contributed by atoms with Crippen LogP contribution in [0, 0.1) is 0 Å². The van der Waals surface area contributed by atoms with Crippen molar-refractivity contribution in [2.45, 2.75) is 159 Å². The van der Waals surface area contributed by atoms with Crippen LogP contribution in [0.15, 0.2) is 60.8 Å². The molecule has 0 spiro atoms. The summed E-state index contributed by atoms with van der Waals surface area (Å²) in [5.74, 6) is -0.223. The van der Waals surface area contributed by atoms with E-state index in [9.17, 15) is 30.3 Å². The zero-order valence-corrected chi connectivity index (χ0v) is 29.0. The zero-order chi connectivity index (χ0) is 34.5. The Balaban J connectivity index is 2.55. The largest absolute Gasteiger partial charge is 0.394 e. The summed E-state index contributed by atoms with van der Waals surface area (Å²) in [6, 6.07) is -0.835. The zero-order valence-electron chi connectivity index (χ0n) is 29.0. The highest BCUT2D eigenvalue weighted by atomic mass is 16.7. The lowest BCUT2D eigenvalue weighted by Crippen LogP contribution is -2.60. The van der Waals surface area contributed by atoms with Crippen molar-refractivity contribution in [3.05, 3.63) is 60.8 Å². The Labute approximate surface area is 284 Å². The first-order valence-corrected chi connectivity index (χ1v) is 18.0. The number of unbranched alkanes of at least 4 members (excludes halogenated alkanes) is 9. The third-order valence-corrected chi connectivity index (χ3v) is 8.08. The molecule has 0 aromatic rings. The SMILES string of the molecule is CC/C=C\C/C=C\C/C=C\CCCCCC(=O)NC(COC1OC(CO)C(O)C(O)C1O)C(O)/C=C/CC/C=C/CCCCCCC. The Morgan fingerprint density at radius 2 is 1.34 bits per heavy atom. The van der Waals surface area contributed by atoms with Crippen molar-refractivity contribution in [2.24, 2.45) is 0 Å². The van der Waals surface area contributed by atoms with Crippen LogP contribution in [0.5, 0.6) is 0 Å². The lowest BCUT2D eigenvalue weighted by Gasteiger charge is -2.40. The molecular formula is C38H65NO8. The third-order valence-electron chi connectivity index (χ3n) is 8.08. The van der Waals surface area contributed by atoms with Gasteiger partial charge in [-0.05, 0) is 64.2 Å². The Bertz CT molecular complexity index is 915. The molecule has 1 rings (SSSR count). The van der Waals surface area contributed by atoms with Gasteiger partial charge < -0.3 is 40.3 Å². The summed E-state index contributed by atoms with van der Waals surface area (Å²) in [6.45, 7) is 3.55. The summed E-state index contributed by atoms with van der Waals surface area (Å²) < 4.78 is 11.1. The van der Waals surface area contributed by atoms with Crippen molar-refractivity contribution >= 4 is 5.91 Å². The maximum atomic E-state index is 12.8. The Morgan fingerprint density at radius 3 is 2.02 bits per heavy atom. The second-order valence-corrected chi connectivity index (χ2v) is 12.3. The van der Waals surface area contributed by atoms with Crippen molar-refractivity contribution in [3.63, 3.8) is 0 Å². The third kappa shape index (κ3) is 20.8. The molecule has 1 aliphatic heterocycles. The van der Waals surface area contributed by atoms with E-state index in [0.29, 0.717) is 12.8 Å². The molecular weight excluding hydrogens is 598 g/mol. The van der Waals surface area contributed by atoms with Gasteiger partial charge in [-0.15, -0.1) is 0 Å². The van der Waals surface area contributed by atoms with E-state index in [-0.39, 0.29) is 12.5 Å². The average Bonchev–Trinajstić information content (AvgIpc) is 3.07. The number of nitrogens with one attached hydrogen (secondary N) is 1. The van der Waals surface area contributed by atoms with Gasteiger partial charge in [0.15, 0.2) is 6.29 Å². The number of amides is 1. The molecule has 270 valence electrons. The smallest absolute Gasteiger partial charge is 0.220 e. The number of ether oxygens (including phenoxy) is 2. The molecule has 1 heterocycles. The molecule has 9 heteroatoms. The lowest BCUT2D eigenvalue weighted by molar-refractivity contribution is -0.302.